The standard InChI is InChI=1S/C32H38N8O3/c1-5-6-22-15-21(2)36-32(43)27(22)19-35-31(42)26-16-24(17-28-25(26)9-10-40(28)20-30(41)37-33-3)23-7-8-29(34-18-23)39-13-11-38(4)12-14-39/h7-10,15-18H,3,5-6,11-14,19-20H2,1-2,4H3,(H,35,42)(H,36,43)(H,37,41). The Morgan fingerprint density at radius 1 is 1.09 bits per heavy atom. The maximum atomic E-state index is 13.7. The van der Waals surface area contributed by atoms with Gasteiger partial charge in [0.1, 0.15) is 12.4 Å². The first-order valence-electron chi connectivity index (χ1n) is 14.5. The number of aryl methyl sites for hydroxylation is 2. The molecular formula is C32H38N8O3. The molecule has 1 aliphatic heterocycles. The summed E-state index contributed by atoms with van der Waals surface area (Å²) in [7, 11) is 2.12. The number of hydrogen-bond donors (Lipinski definition) is 3. The number of H-pyrrole nitrogens is 1. The van der Waals surface area contributed by atoms with Gasteiger partial charge in [-0.1, -0.05) is 13.3 Å². The van der Waals surface area contributed by atoms with Gasteiger partial charge in [0.2, 0.25) is 0 Å². The summed E-state index contributed by atoms with van der Waals surface area (Å²) in [5.74, 6) is 0.273. The minimum atomic E-state index is -0.329. The van der Waals surface area contributed by atoms with Crippen LogP contribution in [0.2, 0.25) is 0 Å². The second-order valence-electron chi connectivity index (χ2n) is 11.0. The summed E-state index contributed by atoms with van der Waals surface area (Å²) in [6.07, 6.45) is 5.22. The van der Waals surface area contributed by atoms with Crippen LogP contribution in [0.4, 0.5) is 5.82 Å². The summed E-state index contributed by atoms with van der Waals surface area (Å²) < 4.78 is 1.77. The summed E-state index contributed by atoms with van der Waals surface area (Å²) in [5.41, 5.74) is 7.24. The van der Waals surface area contributed by atoms with Gasteiger partial charge in [-0.15, -0.1) is 0 Å². The Kier molecular flexibility index (Phi) is 9.01. The molecular weight excluding hydrogens is 544 g/mol. The normalized spacial score (nSPS) is 13.7. The number of amides is 2. The lowest BCUT2D eigenvalue weighted by atomic mass is 10.00. The van der Waals surface area contributed by atoms with Crippen LogP contribution < -0.4 is 21.2 Å². The average molecular weight is 583 g/mol. The zero-order valence-corrected chi connectivity index (χ0v) is 24.9. The van der Waals surface area contributed by atoms with Crippen molar-refractivity contribution >= 4 is 35.3 Å². The van der Waals surface area contributed by atoms with Crippen molar-refractivity contribution in [1.82, 2.24) is 30.2 Å². The highest BCUT2D eigenvalue weighted by Crippen LogP contribution is 2.30. The molecule has 1 fully saturated rings. The molecule has 0 bridgehead atoms. The molecule has 0 saturated carbocycles. The van der Waals surface area contributed by atoms with Crippen LogP contribution in [0.1, 0.15) is 40.5 Å². The Hall–Kier alpha value is -4.77. The molecule has 0 atom stereocenters. The first-order valence-corrected chi connectivity index (χ1v) is 14.5. The lowest BCUT2D eigenvalue weighted by Crippen LogP contribution is -2.44. The van der Waals surface area contributed by atoms with E-state index in [-0.39, 0.29) is 30.5 Å². The summed E-state index contributed by atoms with van der Waals surface area (Å²) in [5, 5.41) is 7.14. The van der Waals surface area contributed by atoms with Crippen LogP contribution in [0.15, 0.2) is 58.7 Å². The number of rotatable bonds is 10. The number of fused-ring (bicyclic) bond motifs is 1. The Balaban J connectivity index is 1.49. The number of hydrogen-bond acceptors (Lipinski definition) is 7. The number of carbonyl (C=O) groups excluding carboxylic acids is 2. The molecule has 3 aromatic heterocycles. The molecule has 0 spiro atoms. The first kappa shape index (κ1) is 29.7. The van der Waals surface area contributed by atoms with Crippen molar-refractivity contribution in [3.63, 3.8) is 0 Å². The van der Waals surface area contributed by atoms with E-state index in [0.29, 0.717) is 22.0 Å². The van der Waals surface area contributed by atoms with Crippen molar-refractivity contribution < 1.29 is 9.59 Å². The molecule has 3 N–H and O–H groups in total. The number of benzene rings is 1. The quantitative estimate of drug-likeness (QED) is 0.195. The SMILES string of the molecule is C=NNC(=O)Cn1ccc2c(C(=O)NCc3c(CCC)cc(C)[nH]c3=O)cc(-c3ccc(N4CCN(C)CC4)nc3)cc21. The number of likely N-dealkylation sites (N-methyl/N-ethyl adjacent to an activating group) is 1. The summed E-state index contributed by atoms with van der Waals surface area (Å²) in [4.78, 5) is 51.0. The third-order valence-corrected chi connectivity index (χ3v) is 7.87. The minimum Gasteiger partial charge on any atom is -0.354 e. The summed E-state index contributed by atoms with van der Waals surface area (Å²) >= 11 is 0. The average Bonchev–Trinajstić information content (AvgIpc) is 3.39. The smallest absolute Gasteiger partial charge is 0.259 e. The van der Waals surface area contributed by atoms with Crippen molar-refractivity contribution in [2.45, 2.75) is 39.8 Å². The van der Waals surface area contributed by atoms with Gasteiger partial charge in [-0.05, 0) is 67.9 Å². The van der Waals surface area contributed by atoms with Gasteiger partial charge in [0.05, 0.1) is 0 Å². The fourth-order valence-electron chi connectivity index (χ4n) is 5.58. The molecule has 43 heavy (non-hydrogen) atoms. The van der Waals surface area contributed by atoms with Crippen LogP contribution in [0.25, 0.3) is 22.0 Å². The van der Waals surface area contributed by atoms with E-state index in [1.165, 1.54) is 0 Å². The molecule has 4 aromatic rings. The predicted octanol–water partition coefficient (Wildman–Crippen LogP) is 3.07. The number of carbonyl (C=O) groups is 2. The monoisotopic (exact) mass is 582 g/mol. The fraction of sp³-hybridized carbons (Fsp3) is 0.344. The van der Waals surface area contributed by atoms with Crippen LogP contribution in [0.3, 0.4) is 0 Å². The molecule has 0 unspecified atom stereocenters. The molecule has 1 saturated heterocycles. The van der Waals surface area contributed by atoms with Gasteiger partial charge in [0, 0.05) is 85.1 Å². The van der Waals surface area contributed by atoms with Crippen molar-refractivity contribution in [3.8, 4) is 11.1 Å². The number of aromatic nitrogens is 3. The predicted molar refractivity (Wildman–Crippen MR) is 170 cm³/mol. The Labute approximate surface area is 250 Å². The third-order valence-electron chi connectivity index (χ3n) is 7.87. The molecule has 1 aliphatic rings. The number of pyridine rings is 2. The van der Waals surface area contributed by atoms with E-state index in [9.17, 15) is 14.4 Å². The van der Waals surface area contributed by atoms with Crippen molar-refractivity contribution in [2.75, 3.05) is 38.1 Å². The van der Waals surface area contributed by atoms with E-state index in [2.05, 4.69) is 51.3 Å². The number of anilines is 1. The number of aromatic amines is 1. The summed E-state index contributed by atoms with van der Waals surface area (Å²) in [6, 6.07) is 11.6. The van der Waals surface area contributed by atoms with Gasteiger partial charge in [-0.3, -0.25) is 14.4 Å². The van der Waals surface area contributed by atoms with E-state index < -0.39 is 0 Å². The Morgan fingerprint density at radius 3 is 2.58 bits per heavy atom. The highest BCUT2D eigenvalue weighted by Gasteiger charge is 2.19. The van der Waals surface area contributed by atoms with Gasteiger partial charge in [0.15, 0.2) is 0 Å². The van der Waals surface area contributed by atoms with Crippen LogP contribution >= 0.6 is 0 Å². The van der Waals surface area contributed by atoms with Gasteiger partial charge in [-0.2, -0.15) is 5.10 Å². The zero-order chi connectivity index (χ0) is 30.5. The molecule has 5 rings (SSSR count). The van der Waals surface area contributed by atoms with Crippen LogP contribution in [0.5, 0.6) is 0 Å². The highest BCUT2D eigenvalue weighted by molar-refractivity contribution is 6.08. The van der Waals surface area contributed by atoms with Gasteiger partial charge in [0.25, 0.3) is 17.4 Å². The lowest BCUT2D eigenvalue weighted by Gasteiger charge is -2.33. The number of nitrogens with one attached hydrogen (secondary N) is 3. The van der Waals surface area contributed by atoms with E-state index >= 15 is 0 Å². The van der Waals surface area contributed by atoms with Crippen LogP contribution in [0, 0.1) is 6.92 Å². The van der Waals surface area contributed by atoms with Crippen molar-refractivity contribution in [2.24, 2.45) is 5.10 Å². The van der Waals surface area contributed by atoms with Crippen LogP contribution in [-0.4, -0.2) is 71.2 Å². The second-order valence-corrected chi connectivity index (χ2v) is 11.0. The first-order chi connectivity index (χ1) is 20.8. The molecule has 0 radical (unpaired) electrons. The zero-order valence-electron chi connectivity index (χ0n) is 24.9. The maximum absolute atomic E-state index is 13.7. The highest BCUT2D eigenvalue weighted by atomic mass is 16.2. The molecule has 2 amide bonds. The van der Waals surface area contributed by atoms with Crippen molar-refractivity contribution in [1.29, 1.82) is 0 Å². The van der Waals surface area contributed by atoms with Gasteiger partial charge < -0.3 is 24.7 Å². The second kappa shape index (κ2) is 13.0. The number of piperazine rings is 1. The molecule has 224 valence electrons. The largest absolute Gasteiger partial charge is 0.354 e. The Bertz CT molecular complexity index is 1700. The topological polar surface area (TPSA) is 128 Å². The molecule has 0 aliphatic carbocycles. The van der Waals surface area contributed by atoms with E-state index in [1.54, 1.807) is 10.8 Å². The minimum absolute atomic E-state index is 0.00669. The molecule has 4 heterocycles. The fourth-order valence-corrected chi connectivity index (χ4v) is 5.58. The number of hydrazone groups is 1. The lowest BCUT2D eigenvalue weighted by molar-refractivity contribution is -0.121. The number of nitrogens with zero attached hydrogens (tertiary/aromatic N) is 5. The van der Waals surface area contributed by atoms with Crippen molar-refractivity contribution in [3.05, 3.63) is 81.5 Å². The summed E-state index contributed by atoms with van der Waals surface area (Å²) in [6.45, 7) is 11.1. The molecule has 11 heteroatoms. The third kappa shape index (κ3) is 6.67. The van der Waals surface area contributed by atoms with E-state index in [4.69, 9.17) is 4.98 Å². The van der Waals surface area contributed by atoms with E-state index in [1.807, 2.05) is 49.5 Å². The molecule has 1 aromatic carbocycles. The Morgan fingerprint density at radius 2 is 1.88 bits per heavy atom. The van der Waals surface area contributed by atoms with Gasteiger partial charge in [-0.25, -0.2) is 10.4 Å². The van der Waals surface area contributed by atoms with E-state index in [0.717, 1.165) is 67.2 Å². The maximum Gasteiger partial charge on any atom is 0.259 e. The molecule has 11 nitrogen and oxygen atoms in total. The van der Waals surface area contributed by atoms with Crippen LogP contribution in [-0.2, 0) is 24.3 Å². The van der Waals surface area contributed by atoms with Gasteiger partial charge >= 0.3 is 0 Å².